The van der Waals surface area contributed by atoms with Gasteiger partial charge < -0.3 is 8.94 Å². The summed E-state index contributed by atoms with van der Waals surface area (Å²) >= 11 is 0. The smallest absolute Gasteiger partial charge is 0.380 e. The van der Waals surface area contributed by atoms with Crippen LogP contribution in [-0.2, 0) is 4.53 Å². The highest BCUT2D eigenvalue weighted by Gasteiger charge is 2.44. The number of oxime groups is 1. The lowest BCUT2D eigenvalue weighted by Crippen LogP contribution is -2.68. The minimum absolute atomic E-state index is 0.212. The first-order valence-corrected chi connectivity index (χ1v) is 11.1. The van der Waals surface area contributed by atoms with E-state index in [1.165, 1.54) is 6.26 Å². The van der Waals surface area contributed by atoms with Crippen LogP contribution in [0.25, 0.3) is 0 Å². The summed E-state index contributed by atoms with van der Waals surface area (Å²) in [5.41, 5.74) is 0.588. The molecule has 4 rings (SSSR count). The van der Waals surface area contributed by atoms with Crippen molar-refractivity contribution < 1.29 is 8.94 Å². The van der Waals surface area contributed by atoms with Crippen LogP contribution in [0.5, 0.6) is 0 Å². The summed E-state index contributed by atoms with van der Waals surface area (Å²) in [7, 11) is -2.90. The Bertz CT molecular complexity index is 1040. The van der Waals surface area contributed by atoms with Crippen molar-refractivity contribution in [2.45, 2.75) is 0 Å². The lowest BCUT2D eigenvalue weighted by Gasteiger charge is -2.29. The predicted octanol–water partition coefficient (Wildman–Crippen LogP) is 3.17. The maximum absolute atomic E-state index is 9.16. The van der Waals surface area contributed by atoms with Gasteiger partial charge in [0, 0.05) is 0 Å². The molecule has 0 saturated heterocycles. The van der Waals surface area contributed by atoms with Crippen LogP contribution in [0.3, 0.4) is 0 Å². The Balaban J connectivity index is 1.87. The van der Waals surface area contributed by atoms with Gasteiger partial charge in [-0.15, -0.1) is 5.16 Å². The molecule has 3 aromatic carbocycles. The molecule has 0 fully saturated rings. The summed E-state index contributed by atoms with van der Waals surface area (Å²) in [4.78, 5) is 0. The topological polar surface area (TPSA) is 58.5 Å². The maximum atomic E-state index is 9.16. The highest BCUT2D eigenvalue weighted by atomic mass is 28.4. The minimum atomic E-state index is -2.90. The van der Waals surface area contributed by atoms with E-state index in [0.717, 1.165) is 15.6 Å². The van der Waals surface area contributed by atoms with Crippen molar-refractivity contribution in [3.8, 4) is 6.07 Å². The zero-order valence-electron chi connectivity index (χ0n) is 15.6. The number of rotatable bonds is 6. The Morgan fingerprint density at radius 2 is 1.24 bits per heavy atom. The van der Waals surface area contributed by atoms with Crippen molar-refractivity contribution in [3.05, 3.63) is 115 Å². The Morgan fingerprint density at radius 1 is 0.759 bits per heavy atom. The van der Waals surface area contributed by atoms with E-state index < -0.39 is 8.32 Å². The van der Waals surface area contributed by atoms with Crippen LogP contribution in [0.15, 0.2) is 113 Å². The normalized spacial score (nSPS) is 11.3. The largest absolute Gasteiger partial charge is 0.453 e. The molecular weight excluding hydrogens is 376 g/mol. The highest BCUT2D eigenvalue weighted by molar-refractivity contribution is 7.07. The Morgan fingerprint density at radius 3 is 1.69 bits per heavy atom. The van der Waals surface area contributed by atoms with Crippen LogP contribution < -0.4 is 15.6 Å². The van der Waals surface area contributed by atoms with Gasteiger partial charge in [-0.3, -0.25) is 0 Å². The van der Waals surface area contributed by atoms with Gasteiger partial charge in [0.1, 0.15) is 6.07 Å². The molecule has 140 valence electrons. The fourth-order valence-electron chi connectivity index (χ4n) is 3.35. The SMILES string of the molecule is N#Cc1occc1C=NO[Si](c1ccccc1)(c1ccccc1)c1ccccc1. The van der Waals surface area contributed by atoms with Crippen molar-refractivity contribution in [3.63, 3.8) is 0 Å². The molecule has 0 atom stereocenters. The molecule has 0 aliphatic heterocycles. The molecule has 29 heavy (non-hydrogen) atoms. The van der Waals surface area contributed by atoms with Crippen LogP contribution >= 0.6 is 0 Å². The van der Waals surface area contributed by atoms with Gasteiger partial charge in [-0.2, -0.15) is 5.26 Å². The molecule has 4 aromatic rings. The molecule has 0 amide bonds. The molecule has 1 heterocycles. The number of hydrogen-bond acceptors (Lipinski definition) is 4. The quantitative estimate of drug-likeness (QED) is 0.218. The van der Waals surface area contributed by atoms with Gasteiger partial charge in [-0.05, 0) is 21.6 Å². The number of nitrogens with zero attached hydrogens (tertiary/aromatic N) is 2. The van der Waals surface area contributed by atoms with E-state index in [2.05, 4.69) is 41.6 Å². The average molecular weight is 395 g/mol. The van der Waals surface area contributed by atoms with Crippen molar-refractivity contribution >= 4 is 30.1 Å². The number of furan rings is 1. The van der Waals surface area contributed by atoms with E-state index in [9.17, 15) is 0 Å². The Kier molecular flexibility index (Phi) is 5.37. The molecule has 0 unspecified atom stereocenters. The summed E-state index contributed by atoms with van der Waals surface area (Å²) < 4.78 is 11.6. The number of hydrogen-bond donors (Lipinski definition) is 0. The third-order valence-electron chi connectivity index (χ3n) is 4.72. The molecule has 4 nitrogen and oxygen atoms in total. The zero-order valence-corrected chi connectivity index (χ0v) is 16.6. The van der Waals surface area contributed by atoms with Gasteiger partial charge >= 0.3 is 8.32 Å². The molecule has 0 N–H and O–H groups in total. The van der Waals surface area contributed by atoms with Gasteiger partial charge in [-0.25, -0.2) is 0 Å². The van der Waals surface area contributed by atoms with Gasteiger partial charge in [0.15, 0.2) is 0 Å². The second-order valence-electron chi connectivity index (χ2n) is 6.42. The predicted molar refractivity (Wildman–Crippen MR) is 116 cm³/mol. The third kappa shape index (κ3) is 3.62. The molecule has 0 radical (unpaired) electrons. The van der Waals surface area contributed by atoms with Crippen LogP contribution in [-0.4, -0.2) is 14.5 Å². The lowest BCUT2D eigenvalue weighted by molar-refractivity contribution is 0.351. The van der Waals surface area contributed by atoms with Crippen molar-refractivity contribution in [2.75, 3.05) is 0 Å². The van der Waals surface area contributed by atoms with Gasteiger partial charge in [0.25, 0.3) is 0 Å². The summed E-state index contributed by atoms with van der Waals surface area (Å²) in [6, 6.07) is 34.3. The molecular formula is C24H18N2O2Si. The minimum Gasteiger partial charge on any atom is -0.453 e. The zero-order chi connectivity index (χ0) is 19.9. The summed E-state index contributed by atoms with van der Waals surface area (Å²) in [5.74, 6) is 0.212. The standard InChI is InChI=1S/C24H18N2O2Si/c25-18-24-20(16-17-27-24)19-26-28-29(21-10-4-1-5-11-21,22-12-6-2-7-13-22)23-14-8-3-9-15-23/h1-17,19H. The Labute approximate surface area is 170 Å². The first-order chi connectivity index (χ1) is 14.3. The average Bonchev–Trinajstić information content (AvgIpc) is 3.26. The highest BCUT2D eigenvalue weighted by Crippen LogP contribution is 2.11. The number of nitriles is 1. The molecule has 1 aromatic heterocycles. The van der Waals surface area contributed by atoms with Crippen LogP contribution in [0, 0.1) is 11.3 Å². The van der Waals surface area contributed by atoms with E-state index in [1.807, 2.05) is 60.7 Å². The van der Waals surface area contributed by atoms with E-state index >= 15 is 0 Å². The molecule has 0 saturated carbocycles. The summed E-state index contributed by atoms with van der Waals surface area (Å²) in [6.45, 7) is 0. The van der Waals surface area contributed by atoms with Gasteiger partial charge in [0.2, 0.25) is 5.76 Å². The van der Waals surface area contributed by atoms with Crippen LogP contribution in [0.4, 0.5) is 0 Å². The molecule has 0 spiro atoms. The van der Waals surface area contributed by atoms with Crippen LogP contribution in [0.2, 0.25) is 0 Å². The third-order valence-corrected chi connectivity index (χ3v) is 8.54. The second kappa shape index (κ2) is 8.42. The molecule has 0 aliphatic carbocycles. The van der Waals surface area contributed by atoms with Gasteiger partial charge in [0.05, 0.1) is 18.0 Å². The van der Waals surface area contributed by atoms with Crippen molar-refractivity contribution in [2.24, 2.45) is 5.16 Å². The fourth-order valence-corrected chi connectivity index (χ4v) is 6.86. The lowest BCUT2D eigenvalue weighted by atomic mass is 10.3. The molecule has 5 heteroatoms. The Hall–Kier alpha value is -3.88. The van der Waals surface area contributed by atoms with Crippen molar-refractivity contribution in [1.82, 2.24) is 0 Å². The van der Waals surface area contributed by atoms with E-state index in [1.54, 1.807) is 12.3 Å². The first-order valence-electron chi connectivity index (χ1n) is 9.20. The summed E-state index contributed by atoms with van der Waals surface area (Å²) in [6.07, 6.45) is 3.01. The van der Waals surface area contributed by atoms with Crippen molar-refractivity contribution in [1.29, 1.82) is 5.26 Å². The first kappa shape index (κ1) is 18.5. The van der Waals surface area contributed by atoms with Gasteiger partial charge in [-0.1, -0.05) is 91.0 Å². The van der Waals surface area contributed by atoms with Crippen LogP contribution in [0.1, 0.15) is 11.3 Å². The summed E-state index contributed by atoms with van der Waals surface area (Å²) in [5, 5.41) is 16.8. The number of benzene rings is 3. The van der Waals surface area contributed by atoms with E-state index in [4.69, 9.17) is 14.2 Å². The van der Waals surface area contributed by atoms with E-state index in [-0.39, 0.29) is 5.76 Å². The molecule has 0 aliphatic rings. The second-order valence-corrected chi connectivity index (χ2v) is 9.70. The monoisotopic (exact) mass is 394 g/mol. The maximum Gasteiger partial charge on any atom is 0.380 e. The molecule has 0 bridgehead atoms. The van der Waals surface area contributed by atoms with E-state index in [0.29, 0.717) is 5.56 Å². The fraction of sp³-hybridized carbons (Fsp3) is 0.